The molecule has 1 fully saturated rings. The fourth-order valence-corrected chi connectivity index (χ4v) is 3.40. The monoisotopic (exact) mass is 274 g/mol. The van der Waals surface area contributed by atoms with Crippen LogP contribution in [0.5, 0.6) is 0 Å². The summed E-state index contributed by atoms with van der Waals surface area (Å²) >= 11 is 0. The molecular formula is C17H26N2O. The highest BCUT2D eigenvalue weighted by molar-refractivity contribution is 5.40. The van der Waals surface area contributed by atoms with Crippen LogP contribution in [0.4, 0.5) is 0 Å². The minimum Gasteiger partial charge on any atom is -0.381 e. The molecule has 20 heavy (non-hydrogen) atoms. The summed E-state index contributed by atoms with van der Waals surface area (Å²) < 4.78 is 5.49. The molecule has 2 aliphatic heterocycles. The molecule has 110 valence electrons. The van der Waals surface area contributed by atoms with Gasteiger partial charge in [0.05, 0.1) is 6.04 Å². The number of rotatable bonds is 4. The Labute approximate surface area is 122 Å². The van der Waals surface area contributed by atoms with Crippen molar-refractivity contribution in [1.82, 2.24) is 9.80 Å². The zero-order valence-corrected chi connectivity index (χ0v) is 12.7. The first-order valence-corrected chi connectivity index (χ1v) is 7.81. The predicted octanol–water partition coefficient (Wildman–Crippen LogP) is 2.43. The summed E-state index contributed by atoms with van der Waals surface area (Å²) in [5, 5.41) is 0. The summed E-state index contributed by atoms with van der Waals surface area (Å²) in [5.74, 6) is 0.748. The fraction of sp³-hybridized carbons (Fsp3) is 0.647. The Morgan fingerprint density at radius 3 is 2.80 bits per heavy atom. The first kappa shape index (κ1) is 13.9. The van der Waals surface area contributed by atoms with Gasteiger partial charge in [-0.05, 0) is 50.9 Å². The van der Waals surface area contributed by atoms with E-state index in [1.807, 2.05) is 0 Å². The Morgan fingerprint density at radius 2 is 2.05 bits per heavy atom. The summed E-state index contributed by atoms with van der Waals surface area (Å²) in [7, 11) is 4.29. The molecule has 1 aliphatic carbocycles. The second-order valence-corrected chi connectivity index (χ2v) is 6.37. The van der Waals surface area contributed by atoms with Crippen LogP contribution in [-0.2, 0) is 4.74 Å². The van der Waals surface area contributed by atoms with Crippen LogP contribution in [0.1, 0.15) is 19.3 Å². The average Bonchev–Trinajstić information content (AvgIpc) is 2.88. The smallest absolute Gasteiger partial charge is 0.0575 e. The van der Waals surface area contributed by atoms with Gasteiger partial charge in [0.1, 0.15) is 0 Å². The van der Waals surface area contributed by atoms with Gasteiger partial charge in [0.2, 0.25) is 0 Å². The normalized spacial score (nSPS) is 26.8. The molecule has 0 aromatic carbocycles. The second kappa shape index (κ2) is 6.15. The molecule has 1 unspecified atom stereocenters. The lowest BCUT2D eigenvalue weighted by Crippen LogP contribution is -2.35. The first-order chi connectivity index (χ1) is 9.74. The van der Waals surface area contributed by atoms with Crippen LogP contribution < -0.4 is 0 Å². The van der Waals surface area contributed by atoms with Crippen molar-refractivity contribution in [3.05, 3.63) is 35.6 Å². The minimum atomic E-state index is 0.581. The molecule has 0 amide bonds. The van der Waals surface area contributed by atoms with Crippen LogP contribution in [0.2, 0.25) is 0 Å². The van der Waals surface area contributed by atoms with E-state index in [2.05, 4.69) is 48.3 Å². The molecule has 0 bridgehead atoms. The maximum absolute atomic E-state index is 5.49. The Morgan fingerprint density at radius 1 is 1.25 bits per heavy atom. The Hall–Kier alpha value is -1.06. The Balaban J connectivity index is 1.64. The summed E-state index contributed by atoms with van der Waals surface area (Å²) in [4.78, 5) is 4.77. The highest BCUT2D eigenvalue weighted by atomic mass is 16.5. The van der Waals surface area contributed by atoms with Crippen LogP contribution in [0.3, 0.4) is 0 Å². The number of ether oxygens (including phenoxy) is 1. The maximum Gasteiger partial charge on any atom is 0.0575 e. The van der Waals surface area contributed by atoms with Crippen molar-refractivity contribution in [2.75, 3.05) is 40.4 Å². The number of allylic oxidation sites excluding steroid dienone is 2. The van der Waals surface area contributed by atoms with Gasteiger partial charge in [-0.25, -0.2) is 0 Å². The predicted molar refractivity (Wildman–Crippen MR) is 82.5 cm³/mol. The van der Waals surface area contributed by atoms with Crippen molar-refractivity contribution in [2.24, 2.45) is 5.92 Å². The van der Waals surface area contributed by atoms with Gasteiger partial charge < -0.3 is 14.5 Å². The van der Waals surface area contributed by atoms with E-state index in [0.717, 1.165) is 32.2 Å². The third-order valence-corrected chi connectivity index (χ3v) is 4.71. The van der Waals surface area contributed by atoms with E-state index >= 15 is 0 Å². The summed E-state index contributed by atoms with van der Waals surface area (Å²) in [6.07, 6.45) is 12.9. The lowest BCUT2D eigenvalue weighted by atomic mass is 9.83. The van der Waals surface area contributed by atoms with Gasteiger partial charge in [-0.2, -0.15) is 0 Å². The van der Waals surface area contributed by atoms with E-state index in [1.165, 1.54) is 24.8 Å². The van der Waals surface area contributed by atoms with Gasteiger partial charge in [-0.15, -0.1) is 0 Å². The Bertz CT molecular complexity index is 430. The molecule has 0 radical (unpaired) electrons. The highest BCUT2D eigenvalue weighted by Gasteiger charge is 2.29. The Kier molecular flexibility index (Phi) is 4.27. The van der Waals surface area contributed by atoms with Gasteiger partial charge in [-0.3, -0.25) is 0 Å². The zero-order chi connectivity index (χ0) is 13.9. The molecule has 0 saturated carbocycles. The third kappa shape index (κ3) is 2.99. The van der Waals surface area contributed by atoms with Gasteiger partial charge in [0, 0.05) is 32.5 Å². The standard InChI is InChI=1S/C17H26N2O/c1-18(2)9-10-19-8-5-15-3-4-16(13-17(15)19)14-6-11-20-12-7-14/h3-5,8,14,17H,6-7,9-13H2,1-2H3. The molecule has 0 N–H and O–H groups in total. The van der Waals surface area contributed by atoms with E-state index in [9.17, 15) is 0 Å². The number of fused-ring (bicyclic) bond motifs is 1. The van der Waals surface area contributed by atoms with E-state index < -0.39 is 0 Å². The quantitative estimate of drug-likeness (QED) is 0.783. The molecule has 0 aromatic rings. The number of hydrogen-bond donors (Lipinski definition) is 0. The van der Waals surface area contributed by atoms with Crippen molar-refractivity contribution in [3.8, 4) is 0 Å². The molecule has 3 rings (SSSR count). The van der Waals surface area contributed by atoms with Crippen LogP contribution in [0.15, 0.2) is 35.6 Å². The lowest BCUT2D eigenvalue weighted by molar-refractivity contribution is 0.0741. The summed E-state index contributed by atoms with van der Waals surface area (Å²) in [6, 6.07) is 0.581. The number of nitrogens with zero attached hydrogens (tertiary/aromatic N) is 2. The average molecular weight is 274 g/mol. The molecular weight excluding hydrogens is 248 g/mol. The van der Waals surface area contributed by atoms with Crippen LogP contribution in [0.25, 0.3) is 0 Å². The molecule has 3 nitrogen and oxygen atoms in total. The third-order valence-electron chi connectivity index (χ3n) is 4.71. The summed E-state index contributed by atoms with van der Waals surface area (Å²) in [5.41, 5.74) is 3.13. The van der Waals surface area contributed by atoms with Gasteiger partial charge >= 0.3 is 0 Å². The van der Waals surface area contributed by atoms with Gasteiger partial charge in [0.15, 0.2) is 0 Å². The van der Waals surface area contributed by atoms with Crippen LogP contribution >= 0.6 is 0 Å². The molecule has 1 atom stereocenters. The minimum absolute atomic E-state index is 0.581. The van der Waals surface area contributed by atoms with Crippen molar-refractivity contribution in [2.45, 2.75) is 25.3 Å². The number of likely N-dealkylation sites (N-methyl/N-ethyl adjacent to an activating group) is 1. The molecule has 0 aromatic heterocycles. The first-order valence-electron chi connectivity index (χ1n) is 7.81. The van der Waals surface area contributed by atoms with Crippen molar-refractivity contribution in [1.29, 1.82) is 0 Å². The molecule has 1 saturated heterocycles. The van der Waals surface area contributed by atoms with Crippen LogP contribution in [-0.4, -0.2) is 56.2 Å². The van der Waals surface area contributed by atoms with Gasteiger partial charge in [0.25, 0.3) is 0 Å². The van der Waals surface area contributed by atoms with E-state index in [0.29, 0.717) is 6.04 Å². The molecule has 2 heterocycles. The second-order valence-electron chi connectivity index (χ2n) is 6.37. The SMILES string of the molecule is CN(C)CCN1C=CC2=CC=C(C3CCOCC3)CC21. The summed E-state index contributed by atoms with van der Waals surface area (Å²) in [6.45, 7) is 4.11. The molecule has 0 spiro atoms. The van der Waals surface area contributed by atoms with Crippen molar-refractivity contribution in [3.63, 3.8) is 0 Å². The number of hydrogen-bond acceptors (Lipinski definition) is 3. The lowest BCUT2D eigenvalue weighted by Gasteiger charge is -2.33. The zero-order valence-electron chi connectivity index (χ0n) is 12.7. The molecule has 3 heteroatoms. The van der Waals surface area contributed by atoms with E-state index in [4.69, 9.17) is 4.74 Å². The molecule has 3 aliphatic rings. The van der Waals surface area contributed by atoms with Crippen LogP contribution in [0, 0.1) is 5.92 Å². The maximum atomic E-state index is 5.49. The van der Waals surface area contributed by atoms with E-state index in [-0.39, 0.29) is 0 Å². The van der Waals surface area contributed by atoms with Crippen molar-refractivity contribution >= 4 is 0 Å². The van der Waals surface area contributed by atoms with E-state index in [1.54, 1.807) is 5.57 Å². The largest absolute Gasteiger partial charge is 0.381 e. The fourth-order valence-electron chi connectivity index (χ4n) is 3.40. The highest BCUT2D eigenvalue weighted by Crippen LogP contribution is 2.35. The van der Waals surface area contributed by atoms with Gasteiger partial charge in [-0.1, -0.05) is 17.7 Å². The topological polar surface area (TPSA) is 15.7 Å². The van der Waals surface area contributed by atoms with Crippen molar-refractivity contribution < 1.29 is 4.74 Å².